The predicted octanol–water partition coefficient (Wildman–Crippen LogP) is 3.63. The minimum atomic E-state index is 0.0383. The summed E-state index contributed by atoms with van der Waals surface area (Å²) in [4.78, 5) is 11.7. The molecule has 1 aromatic rings. The molecule has 1 nitrogen and oxygen atoms in total. The Morgan fingerprint density at radius 3 is 2.07 bits per heavy atom. The Labute approximate surface area is 91.1 Å². The molecule has 0 atom stereocenters. The van der Waals surface area contributed by atoms with E-state index in [4.69, 9.17) is 0 Å². The topological polar surface area (TPSA) is 17.1 Å². The first-order chi connectivity index (χ1) is 7.04. The maximum Gasteiger partial charge on any atom is 0.184 e. The SMILES string of the molecule is C=C(C)C(=O)/C(C)=C(\C)c1ccccc1. The minimum Gasteiger partial charge on any atom is -0.289 e. The quantitative estimate of drug-likeness (QED) is 0.681. The molecule has 1 aromatic carbocycles. The van der Waals surface area contributed by atoms with Crippen molar-refractivity contribution in [1.82, 2.24) is 0 Å². The fraction of sp³-hybridized carbons (Fsp3) is 0.214. The van der Waals surface area contributed by atoms with E-state index >= 15 is 0 Å². The number of Topliss-reactive ketones (excluding diaryl/α,β-unsaturated/α-hetero) is 1. The van der Waals surface area contributed by atoms with Gasteiger partial charge in [-0.05, 0) is 37.5 Å². The molecule has 78 valence electrons. The Bertz CT molecular complexity index is 410. The highest BCUT2D eigenvalue weighted by Crippen LogP contribution is 2.19. The molecule has 0 bridgehead atoms. The van der Waals surface area contributed by atoms with Gasteiger partial charge in [-0.3, -0.25) is 4.79 Å². The highest BCUT2D eigenvalue weighted by molar-refractivity contribution is 6.11. The molecule has 0 heterocycles. The lowest BCUT2D eigenvalue weighted by Crippen LogP contribution is -2.02. The highest BCUT2D eigenvalue weighted by Gasteiger charge is 2.09. The average Bonchev–Trinajstić information content (AvgIpc) is 2.27. The standard InChI is InChI=1S/C14H16O/c1-10(2)14(15)12(4)11(3)13-8-6-5-7-9-13/h5-9H,1H2,2-4H3/b12-11+. The number of benzene rings is 1. The lowest BCUT2D eigenvalue weighted by atomic mass is 9.97. The number of rotatable bonds is 3. The Kier molecular flexibility index (Phi) is 3.62. The van der Waals surface area contributed by atoms with Gasteiger partial charge in [0.2, 0.25) is 0 Å². The number of ketones is 1. The van der Waals surface area contributed by atoms with Gasteiger partial charge in [0, 0.05) is 5.57 Å². The fourth-order valence-electron chi connectivity index (χ4n) is 1.40. The Hall–Kier alpha value is -1.63. The summed E-state index contributed by atoms with van der Waals surface area (Å²) < 4.78 is 0. The van der Waals surface area contributed by atoms with Crippen molar-refractivity contribution in [2.75, 3.05) is 0 Å². The third kappa shape index (κ3) is 2.66. The van der Waals surface area contributed by atoms with Crippen LogP contribution in [0.4, 0.5) is 0 Å². The van der Waals surface area contributed by atoms with Crippen LogP contribution in [-0.2, 0) is 4.79 Å². The van der Waals surface area contributed by atoms with Gasteiger partial charge in [0.25, 0.3) is 0 Å². The van der Waals surface area contributed by atoms with Crippen LogP contribution in [-0.4, -0.2) is 5.78 Å². The second-order valence-corrected chi connectivity index (χ2v) is 3.73. The van der Waals surface area contributed by atoms with Gasteiger partial charge in [-0.1, -0.05) is 36.9 Å². The molecule has 0 saturated heterocycles. The largest absolute Gasteiger partial charge is 0.289 e. The van der Waals surface area contributed by atoms with Crippen LogP contribution in [0.25, 0.3) is 5.57 Å². The zero-order chi connectivity index (χ0) is 11.4. The van der Waals surface area contributed by atoms with Crippen molar-refractivity contribution < 1.29 is 4.79 Å². The lowest BCUT2D eigenvalue weighted by Gasteiger charge is -2.06. The van der Waals surface area contributed by atoms with Crippen LogP contribution in [0, 0.1) is 0 Å². The summed E-state index contributed by atoms with van der Waals surface area (Å²) in [7, 11) is 0. The first kappa shape index (κ1) is 11.4. The summed E-state index contributed by atoms with van der Waals surface area (Å²) >= 11 is 0. The summed E-state index contributed by atoms with van der Waals surface area (Å²) in [5.74, 6) is 0.0383. The zero-order valence-electron chi connectivity index (χ0n) is 9.50. The number of hydrogen-bond acceptors (Lipinski definition) is 1. The smallest absolute Gasteiger partial charge is 0.184 e. The number of carbonyl (C=O) groups excluding carboxylic acids is 1. The summed E-state index contributed by atoms with van der Waals surface area (Å²) in [6, 6.07) is 9.91. The molecule has 15 heavy (non-hydrogen) atoms. The number of carbonyl (C=O) groups is 1. The van der Waals surface area contributed by atoms with Crippen molar-refractivity contribution >= 4 is 11.4 Å². The van der Waals surface area contributed by atoms with Gasteiger partial charge in [0.1, 0.15) is 0 Å². The second kappa shape index (κ2) is 4.74. The molecular formula is C14H16O. The molecule has 1 rings (SSSR count). The maximum absolute atomic E-state index is 11.7. The van der Waals surface area contributed by atoms with E-state index in [2.05, 4.69) is 6.58 Å². The Morgan fingerprint density at radius 2 is 1.60 bits per heavy atom. The second-order valence-electron chi connectivity index (χ2n) is 3.73. The molecule has 0 aliphatic heterocycles. The van der Waals surface area contributed by atoms with E-state index in [-0.39, 0.29) is 5.78 Å². The van der Waals surface area contributed by atoms with E-state index in [0.717, 1.165) is 16.7 Å². The van der Waals surface area contributed by atoms with Crippen LogP contribution in [0.5, 0.6) is 0 Å². The molecule has 0 radical (unpaired) electrons. The van der Waals surface area contributed by atoms with Gasteiger partial charge in [-0.2, -0.15) is 0 Å². The predicted molar refractivity (Wildman–Crippen MR) is 64.5 cm³/mol. The molecular weight excluding hydrogens is 184 g/mol. The van der Waals surface area contributed by atoms with Gasteiger partial charge in [-0.25, -0.2) is 0 Å². The summed E-state index contributed by atoms with van der Waals surface area (Å²) in [5, 5.41) is 0. The third-order valence-corrected chi connectivity index (χ3v) is 2.50. The number of hydrogen-bond donors (Lipinski definition) is 0. The molecule has 0 aliphatic carbocycles. The van der Waals surface area contributed by atoms with E-state index in [1.165, 1.54) is 0 Å². The molecule has 0 saturated carbocycles. The summed E-state index contributed by atoms with van der Waals surface area (Å²) in [6.45, 7) is 9.22. The summed E-state index contributed by atoms with van der Waals surface area (Å²) in [5.41, 5.74) is 3.46. The fourth-order valence-corrected chi connectivity index (χ4v) is 1.40. The van der Waals surface area contributed by atoms with E-state index in [1.807, 2.05) is 44.2 Å². The third-order valence-electron chi connectivity index (χ3n) is 2.50. The van der Waals surface area contributed by atoms with Crippen molar-refractivity contribution in [2.24, 2.45) is 0 Å². The van der Waals surface area contributed by atoms with Crippen LogP contribution < -0.4 is 0 Å². The van der Waals surface area contributed by atoms with Crippen molar-refractivity contribution in [1.29, 1.82) is 0 Å². The van der Waals surface area contributed by atoms with Gasteiger partial charge < -0.3 is 0 Å². The van der Waals surface area contributed by atoms with Crippen molar-refractivity contribution in [3.05, 3.63) is 53.6 Å². The molecule has 0 N–H and O–H groups in total. The van der Waals surface area contributed by atoms with Gasteiger partial charge >= 0.3 is 0 Å². The zero-order valence-corrected chi connectivity index (χ0v) is 9.50. The first-order valence-corrected chi connectivity index (χ1v) is 4.97. The molecule has 0 spiro atoms. The van der Waals surface area contributed by atoms with Crippen LogP contribution in [0.15, 0.2) is 48.1 Å². The molecule has 0 aliphatic rings. The monoisotopic (exact) mass is 200 g/mol. The van der Waals surface area contributed by atoms with E-state index < -0.39 is 0 Å². The van der Waals surface area contributed by atoms with Gasteiger partial charge in [-0.15, -0.1) is 0 Å². The lowest BCUT2D eigenvalue weighted by molar-refractivity contribution is -0.112. The minimum absolute atomic E-state index is 0.0383. The van der Waals surface area contributed by atoms with Crippen molar-refractivity contribution in [2.45, 2.75) is 20.8 Å². The molecule has 1 heteroatoms. The molecule has 0 aromatic heterocycles. The van der Waals surface area contributed by atoms with E-state index in [1.54, 1.807) is 6.92 Å². The Morgan fingerprint density at radius 1 is 1.07 bits per heavy atom. The average molecular weight is 200 g/mol. The van der Waals surface area contributed by atoms with Crippen LogP contribution in [0.1, 0.15) is 26.3 Å². The Balaban J connectivity index is 3.11. The van der Waals surface area contributed by atoms with Gasteiger partial charge in [0.15, 0.2) is 5.78 Å². The maximum atomic E-state index is 11.7. The highest BCUT2D eigenvalue weighted by atomic mass is 16.1. The van der Waals surface area contributed by atoms with Crippen molar-refractivity contribution in [3.8, 4) is 0 Å². The van der Waals surface area contributed by atoms with Crippen LogP contribution in [0.2, 0.25) is 0 Å². The van der Waals surface area contributed by atoms with Crippen LogP contribution >= 0.6 is 0 Å². The number of allylic oxidation sites excluding steroid dienone is 3. The van der Waals surface area contributed by atoms with Crippen molar-refractivity contribution in [3.63, 3.8) is 0 Å². The molecule has 0 unspecified atom stereocenters. The van der Waals surface area contributed by atoms with E-state index in [0.29, 0.717) is 5.57 Å². The van der Waals surface area contributed by atoms with Crippen LogP contribution in [0.3, 0.4) is 0 Å². The van der Waals surface area contributed by atoms with E-state index in [9.17, 15) is 4.79 Å². The molecule has 0 amide bonds. The summed E-state index contributed by atoms with van der Waals surface area (Å²) in [6.07, 6.45) is 0. The normalized spacial score (nSPS) is 11.9. The first-order valence-electron chi connectivity index (χ1n) is 4.97. The van der Waals surface area contributed by atoms with Gasteiger partial charge in [0.05, 0.1) is 0 Å². The molecule has 0 fully saturated rings.